The van der Waals surface area contributed by atoms with Crippen LogP contribution in [0.5, 0.6) is 5.75 Å². The third-order valence-corrected chi connectivity index (χ3v) is 2.19. The highest BCUT2D eigenvalue weighted by atomic mass is 35.5. The van der Waals surface area contributed by atoms with E-state index >= 15 is 0 Å². The van der Waals surface area contributed by atoms with Crippen LogP contribution in [0, 0.1) is 0 Å². The second kappa shape index (κ2) is 4.45. The van der Waals surface area contributed by atoms with Gasteiger partial charge in [-0.05, 0) is 12.1 Å². The van der Waals surface area contributed by atoms with Gasteiger partial charge in [0.25, 0.3) is 10.1 Å². The predicted molar refractivity (Wildman–Crippen MR) is 50.1 cm³/mol. The van der Waals surface area contributed by atoms with Crippen molar-refractivity contribution >= 4 is 22.5 Å². The van der Waals surface area contributed by atoms with Gasteiger partial charge in [-0.1, -0.05) is 6.07 Å². The zero-order valence-electron chi connectivity index (χ0n) is 6.80. The van der Waals surface area contributed by atoms with Crippen LogP contribution < -0.4 is 4.74 Å². The van der Waals surface area contributed by atoms with Crippen molar-refractivity contribution < 1.29 is 17.7 Å². The second-order valence-corrected chi connectivity index (χ2v) is 3.58. The molecular weight excluding hydrogens is 216 g/mol. The molecule has 1 rings (SSSR count). The van der Waals surface area contributed by atoms with Crippen LogP contribution in [0.2, 0.25) is 0 Å². The molecule has 0 aliphatic heterocycles. The van der Waals surface area contributed by atoms with Crippen molar-refractivity contribution in [3.63, 3.8) is 0 Å². The summed E-state index contributed by atoms with van der Waals surface area (Å²) < 4.78 is 34.6. The summed E-state index contributed by atoms with van der Waals surface area (Å²) in [5.41, 5.74) is 0. The Morgan fingerprint density at radius 2 is 2.00 bits per heavy atom. The van der Waals surface area contributed by atoms with E-state index in [0.29, 0.717) is 5.75 Å². The van der Waals surface area contributed by atoms with Crippen molar-refractivity contribution in [1.29, 1.82) is 0 Å². The smallest absolute Gasteiger partial charge is 0.294 e. The molecule has 1 N–H and O–H groups in total. The molecule has 0 saturated heterocycles. The van der Waals surface area contributed by atoms with Crippen LogP contribution in [0.15, 0.2) is 29.2 Å². The van der Waals surface area contributed by atoms with Gasteiger partial charge in [-0.15, -0.1) is 12.4 Å². The SMILES string of the molecule is COc1cccc(S(=O)(=O)O)c1.Cl. The molecule has 4 nitrogen and oxygen atoms in total. The van der Waals surface area contributed by atoms with Gasteiger partial charge in [0, 0.05) is 6.07 Å². The first-order valence-corrected chi connectivity index (χ1v) is 4.59. The van der Waals surface area contributed by atoms with Gasteiger partial charge in [0.2, 0.25) is 0 Å². The molecular formula is C7H9ClO4S. The molecule has 0 radical (unpaired) electrons. The number of ether oxygens (including phenoxy) is 1. The van der Waals surface area contributed by atoms with Crippen molar-refractivity contribution in [2.45, 2.75) is 4.90 Å². The number of benzene rings is 1. The molecule has 0 aliphatic carbocycles. The fourth-order valence-electron chi connectivity index (χ4n) is 0.762. The van der Waals surface area contributed by atoms with Gasteiger partial charge in [-0.2, -0.15) is 8.42 Å². The average molecular weight is 225 g/mol. The third kappa shape index (κ3) is 3.22. The number of halogens is 1. The summed E-state index contributed by atoms with van der Waals surface area (Å²) in [6.45, 7) is 0. The van der Waals surface area contributed by atoms with E-state index in [0.717, 1.165) is 0 Å². The minimum atomic E-state index is -4.12. The lowest BCUT2D eigenvalue weighted by Crippen LogP contribution is -1.97. The lowest BCUT2D eigenvalue weighted by molar-refractivity contribution is 0.412. The first-order valence-electron chi connectivity index (χ1n) is 3.15. The standard InChI is InChI=1S/C7H8O4S.ClH/c1-11-6-3-2-4-7(5-6)12(8,9)10;/h2-5H,1H3,(H,8,9,10);1H. The molecule has 0 amide bonds. The second-order valence-electron chi connectivity index (χ2n) is 2.15. The van der Waals surface area contributed by atoms with Crippen molar-refractivity contribution in [2.24, 2.45) is 0 Å². The topological polar surface area (TPSA) is 63.6 Å². The zero-order chi connectivity index (χ0) is 9.19. The van der Waals surface area contributed by atoms with Crippen molar-refractivity contribution in [2.75, 3.05) is 7.11 Å². The largest absolute Gasteiger partial charge is 0.497 e. The fourth-order valence-corrected chi connectivity index (χ4v) is 1.28. The van der Waals surface area contributed by atoms with E-state index in [2.05, 4.69) is 0 Å². The molecule has 74 valence electrons. The van der Waals surface area contributed by atoms with E-state index < -0.39 is 10.1 Å². The zero-order valence-corrected chi connectivity index (χ0v) is 8.43. The van der Waals surface area contributed by atoms with Gasteiger partial charge in [0.15, 0.2) is 0 Å². The first-order chi connectivity index (χ1) is 5.54. The Morgan fingerprint density at radius 3 is 2.46 bits per heavy atom. The maximum Gasteiger partial charge on any atom is 0.294 e. The highest BCUT2D eigenvalue weighted by Gasteiger charge is 2.08. The highest BCUT2D eigenvalue weighted by molar-refractivity contribution is 7.85. The number of methoxy groups -OCH3 is 1. The summed E-state index contributed by atoms with van der Waals surface area (Å²) in [7, 11) is -2.70. The predicted octanol–water partition coefficient (Wildman–Crippen LogP) is 1.36. The monoisotopic (exact) mass is 224 g/mol. The van der Waals surface area contributed by atoms with E-state index in [1.54, 1.807) is 6.07 Å². The van der Waals surface area contributed by atoms with Gasteiger partial charge in [0.05, 0.1) is 12.0 Å². The van der Waals surface area contributed by atoms with Gasteiger partial charge < -0.3 is 4.74 Å². The molecule has 0 aliphatic rings. The maximum absolute atomic E-state index is 10.6. The summed E-state index contributed by atoms with van der Waals surface area (Å²) in [6, 6.07) is 5.61. The van der Waals surface area contributed by atoms with Gasteiger partial charge >= 0.3 is 0 Å². The summed E-state index contributed by atoms with van der Waals surface area (Å²) in [5, 5.41) is 0. The van der Waals surface area contributed by atoms with Crippen LogP contribution in [0.25, 0.3) is 0 Å². The molecule has 0 bridgehead atoms. The Hall–Kier alpha value is -0.780. The molecule has 0 aromatic heterocycles. The molecule has 13 heavy (non-hydrogen) atoms. The van der Waals surface area contributed by atoms with Crippen molar-refractivity contribution in [3.8, 4) is 5.75 Å². The Labute approximate surface area is 82.7 Å². The molecule has 1 aromatic rings. The van der Waals surface area contributed by atoms with Gasteiger partial charge in [-0.25, -0.2) is 0 Å². The van der Waals surface area contributed by atoms with Crippen LogP contribution in [-0.2, 0) is 10.1 Å². The maximum atomic E-state index is 10.6. The van der Waals surface area contributed by atoms with E-state index in [1.165, 1.54) is 25.3 Å². The van der Waals surface area contributed by atoms with Crippen LogP contribution in [0.1, 0.15) is 0 Å². The minimum absolute atomic E-state index is 0. The molecule has 0 saturated carbocycles. The van der Waals surface area contributed by atoms with Crippen molar-refractivity contribution in [1.82, 2.24) is 0 Å². The van der Waals surface area contributed by atoms with E-state index in [9.17, 15) is 8.42 Å². The molecule has 0 heterocycles. The molecule has 1 aromatic carbocycles. The van der Waals surface area contributed by atoms with Crippen LogP contribution in [0.3, 0.4) is 0 Å². The van der Waals surface area contributed by atoms with Gasteiger partial charge in [0.1, 0.15) is 5.75 Å². The average Bonchev–Trinajstić information content (AvgIpc) is 2.03. The first kappa shape index (κ1) is 12.2. The molecule has 0 unspecified atom stereocenters. The Kier molecular flexibility index (Phi) is 4.19. The van der Waals surface area contributed by atoms with E-state index in [4.69, 9.17) is 9.29 Å². The number of hydrogen-bond acceptors (Lipinski definition) is 3. The van der Waals surface area contributed by atoms with Gasteiger partial charge in [-0.3, -0.25) is 4.55 Å². The normalized spacial score (nSPS) is 10.3. The Bertz CT molecular complexity index is 374. The highest BCUT2D eigenvalue weighted by Crippen LogP contribution is 2.16. The van der Waals surface area contributed by atoms with E-state index in [1.807, 2.05) is 0 Å². The van der Waals surface area contributed by atoms with Crippen LogP contribution in [-0.4, -0.2) is 20.1 Å². The minimum Gasteiger partial charge on any atom is -0.497 e. The summed E-state index contributed by atoms with van der Waals surface area (Å²) in [6.07, 6.45) is 0. The van der Waals surface area contributed by atoms with Crippen LogP contribution >= 0.6 is 12.4 Å². The van der Waals surface area contributed by atoms with E-state index in [-0.39, 0.29) is 17.3 Å². The quantitative estimate of drug-likeness (QED) is 0.771. The van der Waals surface area contributed by atoms with Crippen molar-refractivity contribution in [3.05, 3.63) is 24.3 Å². The fraction of sp³-hybridized carbons (Fsp3) is 0.143. The number of hydrogen-bond donors (Lipinski definition) is 1. The van der Waals surface area contributed by atoms with Crippen LogP contribution in [0.4, 0.5) is 0 Å². The summed E-state index contributed by atoms with van der Waals surface area (Å²) in [4.78, 5) is -0.165. The molecule has 0 fully saturated rings. The lowest BCUT2D eigenvalue weighted by Gasteiger charge is -2.00. The summed E-state index contributed by atoms with van der Waals surface area (Å²) in [5.74, 6) is 0.394. The third-order valence-electron chi connectivity index (χ3n) is 1.34. The summed E-state index contributed by atoms with van der Waals surface area (Å²) >= 11 is 0. The Morgan fingerprint density at radius 1 is 1.38 bits per heavy atom. The lowest BCUT2D eigenvalue weighted by atomic mass is 10.3. The number of rotatable bonds is 2. The Balaban J connectivity index is 0.00000144. The molecule has 6 heteroatoms. The molecule has 0 spiro atoms. The molecule has 0 atom stereocenters.